The summed E-state index contributed by atoms with van der Waals surface area (Å²) in [6, 6.07) is 19.4. The molecule has 6 rings (SSSR count). The molecule has 2 fully saturated rings. The molecule has 1 spiro atoms. The Morgan fingerprint density at radius 3 is 2.71 bits per heavy atom. The number of hydrogen-bond acceptors (Lipinski definition) is 6. The van der Waals surface area contributed by atoms with Crippen LogP contribution >= 0.6 is 0 Å². The summed E-state index contributed by atoms with van der Waals surface area (Å²) < 4.78 is 21.2. The largest absolute Gasteiger partial charge is 0.451 e. The Kier molecular flexibility index (Phi) is 8.72. The lowest BCUT2D eigenvalue weighted by molar-refractivity contribution is 0.270. The molecular formula is C38H42FN5O. The van der Waals surface area contributed by atoms with Crippen LogP contribution in [-0.4, -0.2) is 41.0 Å². The van der Waals surface area contributed by atoms with Crippen LogP contribution in [0.4, 0.5) is 15.9 Å². The van der Waals surface area contributed by atoms with Crippen LogP contribution in [0.15, 0.2) is 98.1 Å². The summed E-state index contributed by atoms with van der Waals surface area (Å²) in [4.78, 5) is 13.9. The Balaban J connectivity index is 1.20. The highest BCUT2D eigenvalue weighted by Crippen LogP contribution is 2.45. The summed E-state index contributed by atoms with van der Waals surface area (Å²) in [5.74, 6) is 1.70. The first kappa shape index (κ1) is 30.5. The van der Waals surface area contributed by atoms with E-state index in [0.717, 1.165) is 73.9 Å². The van der Waals surface area contributed by atoms with E-state index in [0.29, 0.717) is 17.1 Å². The third-order valence-corrected chi connectivity index (χ3v) is 9.23. The van der Waals surface area contributed by atoms with Crippen molar-refractivity contribution in [3.05, 3.63) is 121 Å². The van der Waals surface area contributed by atoms with Crippen LogP contribution in [0.1, 0.15) is 49.3 Å². The molecule has 4 aromatic rings. The molecule has 6 nitrogen and oxygen atoms in total. The van der Waals surface area contributed by atoms with E-state index in [2.05, 4.69) is 71.4 Å². The Labute approximate surface area is 266 Å². The maximum absolute atomic E-state index is 14.6. The fraction of sp³-hybridized carbons (Fsp3) is 0.316. The summed E-state index contributed by atoms with van der Waals surface area (Å²) in [5, 5.41) is 3.39. The van der Waals surface area contributed by atoms with Crippen LogP contribution in [0.3, 0.4) is 0 Å². The predicted molar refractivity (Wildman–Crippen MR) is 181 cm³/mol. The second kappa shape index (κ2) is 12.9. The SMILES string of the molecule is C=CC(C)c1ccccc1-c1cc(F)ccc1Oc1cncnc1N1CCC2(CCN(Cc3ccc(C)c(NC(=C)C)c3)C2)C1. The van der Waals surface area contributed by atoms with Crippen molar-refractivity contribution in [3.63, 3.8) is 0 Å². The number of nitrogens with one attached hydrogen (secondary N) is 1. The van der Waals surface area contributed by atoms with Crippen molar-refractivity contribution in [2.45, 2.75) is 46.1 Å². The Bertz CT molecular complexity index is 1720. The van der Waals surface area contributed by atoms with Gasteiger partial charge in [0, 0.05) is 48.5 Å². The van der Waals surface area contributed by atoms with Crippen molar-refractivity contribution in [2.75, 3.05) is 36.4 Å². The van der Waals surface area contributed by atoms with Gasteiger partial charge in [-0.2, -0.15) is 0 Å². The van der Waals surface area contributed by atoms with Gasteiger partial charge in [0.25, 0.3) is 0 Å². The van der Waals surface area contributed by atoms with Crippen molar-refractivity contribution in [3.8, 4) is 22.6 Å². The van der Waals surface area contributed by atoms with Gasteiger partial charge in [-0.15, -0.1) is 6.58 Å². The lowest BCUT2D eigenvalue weighted by Crippen LogP contribution is -2.31. The highest BCUT2D eigenvalue weighted by Gasteiger charge is 2.44. The zero-order valence-corrected chi connectivity index (χ0v) is 26.5. The molecule has 7 heteroatoms. The van der Waals surface area contributed by atoms with Crippen LogP contribution in [0.25, 0.3) is 11.1 Å². The molecule has 0 aliphatic carbocycles. The van der Waals surface area contributed by atoms with Gasteiger partial charge in [-0.3, -0.25) is 4.90 Å². The molecule has 2 atom stereocenters. The first-order valence-electron chi connectivity index (χ1n) is 15.7. The molecule has 3 aromatic carbocycles. The summed E-state index contributed by atoms with van der Waals surface area (Å²) in [7, 11) is 0. The molecule has 0 amide bonds. The molecule has 1 aromatic heterocycles. The number of anilines is 2. The van der Waals surface area contributed by atoms with E-state index >= 15 is 0 Å². The van der Waals surface area contributed by atoms with Crippen LogP contribution in [0.5, 0.6) is 11.5 Å². The fourth-order valence-electron chi connectivity index (χ4n) is 6.81. The molecule has 2 aliphatic heterocycles. The highest BCUT2D eigenvalue weighted by atomic mass is 19.1. The van der Waals surface area contributed by atoms with Crippen molar-refractivity contribution in [1.82, 2.24) is 14.9 Å². The number of aromatic nitrogens is 2. The van der Waals surface area contributed by atoms with Crippen LogP contribution < -0.4 is 15.0 Å². The van der Waals surface area contributed by atoms with Gasteiger partial charge < -0.3 is 15.0 Å². The molecule has 0 radical (unpaired) electrons. The minimum absolute atomic E-state index is 0.0979. The molecule has 2 saturated heterocycles. The zero-order chi connectivity index (χ0) is 31.6. The van der Waals surface area contributed by atoms with E-state index in [1.54, 1.807) is 18.6 Å². The monoisotopic (exact) mass is 603 g/mol. The fourth-order valence-corrected chi connectivity index (χ4v) is 6.81. The molecule has 0 bridgehead atoms. The molecule has 0 saturated carbocycles. The van der Waals surface area contributed by atoms with Crippen molar-refractivity contribution in [2.24, 2.45) is 5.41 Å². The molecule has 45 heavy (non-hydrogen) atoms. The maximum Gasteiger partial charge on any atom is 0.188 e. The summed E-state index contributed by atoms with van der Waals surface area (Å²) in [6.45, 7) is 19.0. The minimum Gasteiger partial charge on any atom is -0.451 e. The van der Waals surface area contributed by atoms with Crippen molar-refractivity contribution >= 4 is 11.5 Å². The number of nitrogens with zero attached hydrogens (tertiary/aromatic N) is 4. The molecule has 2 unspecified atom stereocenters. The summed E-state index contributed by atoms with van der Waals surface area (Å²) in [6.07, 6.45) is 7.43. The van der Waals surface area contributed by atoms with Gasteiger partial charge in [0.2, 0.25) is 0 Å². The van der Waals surface area contributed by atoms with E-state index in [1.165, 1.54) is 23.3 Å². The quantitative estimate of drug-likeness (QED) is 0.183. The van der Waals surface area contributed by atoms with Gasteiger partial charge in [0.15, 0.2) is 11.6 Å². The zero-order valence-electron chi connectivity index (χ0n) is 26.5. The number of rotatable bonds is 10. The molecule has 3 heterocycles. The molecule has 2 aliphatic rings. The highest BCUT2D eigenvalue weighted by molar-refractivity contribution is 5.75. The Morgan fingerprint density at radius 1 is 1.07 bits per heavy atom. The third-order valence-electron chi connectivity index (χ3n) is 9.23. The first-order chi connectivity index (χ1) is 21.7. The number of ether oxygens (including phenoxy) is 1. The third kappa shape index (κ3) is 6.64. The molecular weight excluding hydrogens is 561 g/mol. The Morgan fingerprint density at radius 2 is 1.89 bits per heavy atom. The summed E-state index contributed by atoms with van der Waals surface area (Å²) in [5.41, 5.74) is 7.47. The van der Waals surface area contributed by atoms with Gasteiger partial charge >= 0.3 is 0 Å². The average molecular weight is 604 g/mol. The lowest BCUT2D eigenvalue weighted by Gasteiger charge is -2.26. The van der Waals surface area contributed by atoms with E-state index in [4.69, 9.17) is 9.72 Å². The van der Waals surface area contributed by atoms with Gasteiger partial charge in [0.05, 0.1) is 6.20 Å². The maximum atomic E-state index is 14.6. The summed E-state index contributed by atoms with van der Waals surface area (Å²) >= 11 is 0. The number of likely N-dealkylation sites (tertiary alicyclic amines) is 1. The average Bonchev–Trinajstić information content (AvgIpc) is 3.64. The topological polar surface area (TPSA) is 53.5 Å². The first-order valence-corrected chi connectivity index (χ1v) is 15.7. The number of allylic oxidation sites excluding steroid dienone is 2. The van der Waals surface area contributed by atoms with E-state index in [9.17, 15) is 4.39 Å². The molecule has 1 N–H and O–H groups in total. The second-order valence-corrected chi connectivity index (χ2v) is 12.8. The molecule has 232 valence electrons. The predicted octanol–water partition coefficient (Wildman–Crippen LogP) is 8.72. The van der Waals surface area contributed by atoms with Crippen LogP contribution in [0, 0.1) is 18.2 Å². The standard InChI is InChI=1S/C38H42FN5O/c1-6-27(4)31-9-7-8-10-32(31)33-20-30(39)13-14-35(33)45-36-21-40-25-41-37(36)44-18-16-38(24-44)15-17-43(23-38)22-29-12-11-28(5)34(19-29)42-26(2)3/h6-14,19-21,25,27,42H,1-2,15-18,22-24H2,3-5H3. The van der Waals surface area contributed by atoms with Crippen molar-refractivity contribution < 1.29 is 9.13 Å². The minimum atomic E-state index is -0.316. The number of hydrogen-bond donors (Lipinski definition) is 1. The van der Waals surface area contributed by atoms with E-state index < -0.39 is 0 Å². The number of aryl methyl sites for hydroxylation is 1. The van der Waals surface area contributed by atoms with Gasteiger partial charge in [-0.1, -0.05) is 56.0 Å². The van der Waals surface area contributed by atoms with E-state index in [1.807, 2.05) is 31.2 Å². The van der Waals surface area contributed by atoms with Gasteiger partial charge in [0.1, 0.15) is 17.9 Å². The van der Waals surface area contributed by atoms with E-state index in [-0.39, 0.29) is 17.2 Å². The Hall–Kier alpha value is -4.49. The smallest absolute Gasteiger partial charge is 0.188 e. The van der Waals surface area contributed by atoms with Crippen molar-refractivity contribution in [1.29, 1.82) is 0 Å². The second-order valence-electron chi connectivity index (χ2n) is 12.8. The van der Waals surface area contributed by atoms with Gasteiger partial charge in [-0.05, 0) is 85.7 Å². The normalized spacial score (nSPS) is 18.7. The van der Waals surface area contributed by atoms with Gasteiger partial charge in [-0.25, -0.2) is 14.4 Å². The number of halogens is 1. The number of benzene rings is 3. The van der Waals surface area contributed by atoms with Crippen LogP contribution in [0.2, 0.25) is 0 Å². The van der Waals surface area contributed by atoms with Crippen LogP contribution in [-0.2, 0) is 6.54 Å². The lowest BCUT2D eigenvalue weighted by atomic mass is 9.86.